The van der Waals surface area contributed by atoms with E-state index in [-0.39, 0.29) is 11.9 Å². The third-order valence-electron chi connectivity index (χ3n) is 3.24. The van der Waals surface area contributed by atoms with Crippen molar-refractivity contribution in [2.75, 3.05) is 6.54 Å². The molecule has 2 rings (SSSR count). The SMILES string of the molecule is CCNC(Cc1cccc(F)c1Br)c1ccc(C)nc1. The quantitative estimate of drug-likeness (QED) is 0.885. The molecule has 0 saturated carbocycles. The minimum absolute atomic E-state index is 0.131. The van der Waals surface area contributed by atoms with Crippen molar-refractivity contribution in [2.24, 2.45) is 0 Å². The summed E-state index contributed by atoms with van der Waals surface area (Å²) < 4.78 is 14.1. The molecule has 106 valence electrons. The molecule has 0 aliphatic rings. The lowest BCUT2D eigenvalue weighted by Crippen LogP contribution is -2.23. The molecule has 1 heterocycles. The van der Waals surface area contributed by atoms with Crippen molar-refractivity contribution in [2.45, 2.75) is 26.3 Å². The van der Waals surface area contributed by atoms with E-state index in [4.69, 9.17) is 0 Å². The summed E-state index contributed by atoms with van der Waals surface area (Å²) in [7, 11) is 0. The fourth-order valence-corrected chi connectivity index (χ4v) is 2.59. The third kappa shape index (κ3) is 3.64. The average Bonchev–Trinajstić information content (AvgIpc) is 2.44. The van der Waals surface area contributed by atoms with Crippen LogP contribution in [-0.4, -0.2) is 11.5 Å². The minimum atomic E-state index is -0.222. The lowest BCUT2D eigenvalue weighted by atomic mass is 10.00. The normalized spacial score (nSPS) is 12.4. The lowest BCUT2D eigenvalue weighted by Gasteiger charge is -2.19. The molecule has 0 saturated heterocycles. The molecule has 1 aromatic carbocycles. The molecule has 0 amide bonds. The van der Waals surface area contributed by atoms with E-state index in [2.05, 4.69) is 39.2 Å². The van der Waals surface area contributed by atoms with Gasteiger partial charge < -0.3 is 5.32 Å². The van der Waals surface area contributed by atoms with E-state index in [9.17, 15) is 4.39 Å². The number of pyridine rings is 1. The number of nitrogens with one attached hydrogen (secondary N) is 1. The van der Waals surface area contributed by atoms with Crippen LogP contribution < -0.4 is 5.32 Å². The molecule has 4 heteroatoms. The maximum absolute atomic E-state index is 13.6. The summed E-state index contributed by atoms with van der Waals surface area (Å²) >= 11 is 3.33. The van der Waals surface area contributed by atoms with E-state index in [1.54, 1.807) is 6.07 Å². The van der Waals surface area contributed by atoms with Crippen molar-refractivity contribution in [1.29, 1.82) is 0 Å². The van der Waals surface area contributed by atoms with Crippen LogP contribution in [0.3, 0.4) is 0 Å². The Morgan fingerprint density at radius 1 is 1.30 bits per heavy atom. The van der Waals surface area contributed by atoms with Crippen molar-refractivity contribution < 1.29 is 4.39 Å². The molecule has 0 radical (unpaired) electrons. The number of nitrogens with zero attached hydrogens (tertiary/aromatic N) is 1. The summed E-state index contributed by atoms with van der Waals surface area (Å²) in [6.45, 7) is 4.88. The minimum Gasteiger partial charge on any atom is -0.310 e. The molecule has 1 aromatic heterocycles. The van der Waals surface area contributed by atoms with E-state index in [1.807, 2.05) is 25.3 Å². The summed E-state index contributed by atoms with van der Waals surface area (Å²) in [5.74, 6) is -0.222. The van der Waals surface area contributed by atoms with Crippen LogP contribution in [0.25, 0.3) is 0 Å². The molecule has 0 spiro atoms. The summed E-state index contributed by atoms with van der Waals surface area (Å²) in [6, 6.07) is 9.35. The maximum atomic E-state index is 13.6. The second-order valence-electron chi connectivity index (χ2n) is 4.76. The highest BCUT2D eigenvalue weighted by Gasteiger charge is 2.14. The fourth-order valence-electron chi connectivity index (χ4n) is 2.17. The Morgan fingerprint density at radius 2 is 2.10 bits per heavy atom. The van der Waals surface area contributed by atoms with Gasteiger partial charge in [0.05, 0.1) is 4.47 Å². The van der Waals surface area contributed by atoms with Crippen molar-refractivity contribution in [1.82, 2.24) is 10.3 Å². The van der Waals surface area contributed by atoms with Gasteiger partial charge in [-0.25, -0.2) is 4.39 Å². The monoisotopic (exact) mass is 336 g/mol. The first kappa shape index (κ1) is 15.1. The molecule has 1 unspecified atom stereocenters. The Balaban J connectivity index is 2.25. The summed E-state index contributed by atoms with van der Waals surface area (Å²) in [5, 5.41) is 3.43. The van der Waals surface area contributed by atoms with Gasteiger partial charge in [0.15, 0.2) is 0 Å². The summed E-state index contributed by atoms with van der Waals surface area (Å²) in [6.07, 6.45) is 2.60. The summed E-state index contributed by atoms with van der Waals surface area (Å²) in [4.78, 5) is 4.34. The third-order valence-corrected chi connectivity index (χ3v) is 4.13. The molecule has 2 aromatic rings. The van der Waals surface area contributed by atoms with Gasteiger partial charge in [-0.05, 0) is 59.1 Å². The first-order valence-corrected chi connectivity index (χ1v) is 7.50. The molecule has 0 aliphatic carbocycles. The maximum Gasteiger partial charge on any atom is 0.137 e. The van der Waals surface area contributed by atoms with Gasteiger partial charge in [0.2, 0.25) is 0 Å². The van der Waals surface area contributed by atoms with Crippen LogP contribution in [0.15, 0.2) is 41.0 Å². The molecule has 2 nitrogen and oxygen atoms in total. The second-order valence-corrected chi connectivity index (χ2v) is 5.55. The van der Waals surface area contributed by atoms with E-state index in [0.29, 0.717) is 4.47 Å². The molecular formula is C16H18BrFN2. The van der Waals surface area contributed by atoms with Crippen molar-refractivity contribution in [3.63, 3.8) is 0 Å². The van der Waals surface area contributed by atoms with Gasteiger partial charge in [0, 0.05) is 17.9 Å². The topological polar surface area (TPSA) is 24.9 Å². The van der Waals surface area contributed by atoms with Crippen LogP contribution in [0, 0.1) is 12.7 Å². The molecule has 1 N–H and O–H groups in total. The number of hydrogen-bond acceptors (Lipinski definition) is 2. The van der Waals surface area contributed by atoms with Crippen LogP contribution in [0.1, 0.15) is 29.8 Å². The number of aryl methyl sites for hydroxylation is 1. The molecule has 0 bridgehead atoms. The fraction of sp³-hybridized carbons (Fsp3) is 0.312. The number of hydrogen-bond donors (Lipinski definition) is 1. The van der Waals surface area contributed by atoms with Gasteiger partial charge >= 0.3 is 0 Å². The number of likely N-dealkylation sites (N-methyl/N-ethyl adjacent to an activating group) is 1. The van der Waals surface area contributed by atoms with Crippen molar-refractivity contribution in [3.05, 3.63) is 63.6 Å². The second kappa shape index (κ2) is 6.95. The van der Waals surface area contributed by atoms with Crippen LogP contribution >= 0.6 is 15.9 Å². The first-order valence-electron chi connectivity index (χ1n) is 6.70. The van der Waals surface area contributed by atoms with Gasteiger partial charge in [0.1, 0.15) is 5.82 Å². The Bertz CT molecular complexity index is 569. The lowest BCUT2D eigenvalue weighted by molar-refractivity contribution is 0.543. The Kier molecular flexibility index (Phi) is 5.26. The smallest absolute Gasteiger partial charge is 0.137 e. The number of rotatable bonds is 5. The zero-order valence-electron chi connectivity index (χ0n) is 11.7. The zero-order chi connectivity index (χ0) is 14.5. The molecular weight excluding hydrogens is 319 g/mol. The van der Waals surface area contributed by atoms with Crippen LogP contribution in [0.2, 0.25) is 0 Å². The van der Waals surface area contributed by atoms with Gasteiger partial charge in [-0.3, -0.25) is 4.98 Å². The Hall–Kier alpha value is -1.26. The Morgan fingerprint density at radius 3 is 2.75 bits per heavy atom. The zero-order valence-corrected chi connectivity index (χ0v) is 13.2. The number of halogens is 2. The predicted octanol–water partition coefficient (Wildman–Crippen LogP) is 4.18. The number of benzene rings is 1. The standard InChI is InChI=1S/C16H18BrFN2/c1-3-19-15(13-8-7-11(2)20-10-13)9-12-5-4-6-14(18)16(12)17/h4-8,10,15,19H,3,9H2,1-2H3. The molecule has 0 aliphatic heterocycles. The van der Waals surface area contributed by atoms with E-state index < -0.39 is 0 Å². The van der Waals surface area contributed by atoms with E-state index in [0.717, 1.165) is 29.8 Å². The number of aromatic nitrogens is 1. The van der Waals surface area contributed by atoms with E-state index >= 15 is 0 Å². The van der Waals surface area contributed by atoms with E-state index in [1.165, 1.54) is 6.07 Å². The van der Waals surface area contributed by atoms with Crippen molar-refractivity contribution >= 4 is 15.9 Å². The first-order chi connectivity index (χ1) is 9.61. The van der Waals surface area contributed by atoms with Gasteiger partial charge in [0.25, 0.3) is 0 Å². The molecule has 1 atom stereocenters. The highest BCUT2D eigenvalue weighted by atomic mass is 79.9. The average molecular weight is 337 g/mol. The predicted molar refractivity (Wildman–Crippen MR) is 83.2 cm³/mol. The van der Waals surface area contributed by atoms with Gasteiger partial charge in [-0.1, -0.05) is 25.1 Å². The highest BCUT2D eigenvalue weighted by Crippen LogP contribution is 2.26. The van der Waals surface area contributed by atoms with Gasteiger partial charge in [-0.2, -0.15) is 0 Å². The summed E-state index contributed by atoms with van der Waals surface area (Å²) in [5.41, 5.74) is 3.07. The highest BCUT2D eigenvalue weighted by molar-refractivity contribution is 9.10. The van der Waals surface area contributed by atoms with Gasteiger partial charge in [-0.15, -0.1) is 0 Å². The van der Waals surface area contributed by atoms with Crippen molar-refractivity contribution in [3.8, 4) is 0 Å². The molecule has 20 heavy (non-hydrogen) atoms. The van der Waals surface area contributed by atoms with Crippen LogP contribution in [0.4, 0.5) is 4.39 Å². The largest absolute Gasteiger partial charge is 0.310 e. The van der Waals surface area contributed by atoms with Crippen LogP contribution in [-0.2, 0) is 6.42 Å². The molecule has 0 fully saturated rings. The Labute approximate surface area is 127 Å². The van der Waals surface area contributed by atoms with Crippen LogP contribution in [0.5, 0.6) is 0 Å².